The molecular formula is C13H27NO. The van der Waals surface area contributed by atoms with Crippen LogP contribution in [-0.4, -0.2) is 23.8 Å². The molecule has 1 aliphatic carbocycles. The summed E-state index contributed by atoms with van der Waals surface area (Å²) in [5.74, 6) is 1.77. The second kappa shape index (κ2) is 6.49. The lowest BCUT2D eigenvalue weighted by Crippen LogP contribution is -2.42. The summed E-state index contributed by atoms with van der Waals surface area (Å²) in [5.41, 5.74) is 0. The normalized spacial score (nSPS) is 29.4. The van der Waals surface area contributed by atoms with E-state index in [0.29, 0.717) is 12.1 Å². The van der Waals surface area contributed by atoms with Crippen molar-refractivity contribution < 1.29 is 5.11 Å². The Labute approximate surface area is 94.5 Å². The van der Waals surface area contributed by atoms with Gasteiger partial charge < -0.3 is 10.4 Å². The van der Waals surface area contributed by atoms with Gasteiger partial charge in [0.1, 0.15) is 0 Å². The fourth-order valence-corrected chi connectivity index (χ4v) is 2.59. The average Bonchev–Trinajstić information content (AvgIpc) is 2.26. The van der Waals surface area contributed by atoms with Crippen LogP contribution in [0.3, 0.4) is 0 Å². The Balaban J connectivity index is 2.25. The van der Waals surface area contributed by atoms with Crippen molar-refractivity contribution >= 4 is 0 Å². The van der Waals surface area contributed by atoms with Crippen molar-refractivity contribution in [3.8, 4) is 0 Å². The van der Waals surface area contributed by atoms with Crippen molar-refractivity contribution in [3.63, 3.8) is 0 Å². The zero-order chi connectivity index (χ0) is 11.3. The molecule has 2 nitrogen and oxygen atoms in total. The molecule has 2 heteroatoms. The molecule has 1 rings (SSSR count). The van der Waals surface area contributed by atoms with Crippen molar-refractivity contribution in [1.29, 1.82) is 0 Å². The highest BCUT2D eigenvalue weighted by molar-refractivity contribution is 4.80. The van der Waals surface area contributed by atoms with Crippen LogP contribution in [0.5, 0.6) is 0 Å². The van der Waals surface area contributed by atoms with Gasteiger partial charge in [0.25, 0.3) is 0 Å². The van der Waals surface area contributed by atoms with Crippen LogP contribution in [0.2, 0.25) is 0 Å². The molecule has 0 amide bonds. The summed E-state index contributed by atoms with van der Waals surface area (Å²) in [4.78, 5) is 0. The number of hydrogen-bond donors (Lipinski definition) is 2. The zero-order valence-corrected chi connectivity index (χ0v) is 10.5. The lowest BCUT2D eigenvalue weighted by atomic mass is 9.79. The Morgan fingerprint density at radius 1 is 1.20 bits per heavy atom. The number of nitrogens with one attached hydrogen (secondary N) is 1. The van der Waals surface area contributed by atoms with E-state index >= 15 is 0 Å². The molecule has 0 spiro atoms. The Hall–Kier alpha value is -0.0800. The molecule has 90 valence electrons. The van der Waals surface area contributed by atoms with Gasteiger partial charge >= 0.3 is 0 Å². The van der Waals surface area contributed by atoms with Crippen molar-refractivity contribution in [3.05, 3.63) is 0 Å². The third-order valence-electron chi connectivity index (χ3n) is 3.90. The fraction of sp³-hybridized carbons (Fsp3) is 1.00. The molecule has 1 aliphatic rings. The van der Waals surface area contributed by atoms with Gasteiger partial charge in [-0.1, -0.05) is 20.8 Å². The van der Waals surface area contributed by atoms with Crippen molar-refractivity contribution in [2.45, 2.75) is 65.0 Å². The van der Waals surface area contributed by atoms with Gasteiger partial charge in [-0.3, -0.25) is 0 Å². The SMILES string of the molecule is CC[C@@H](CO)NC1CCC(C(C)C)CC1. The van der Waals surface area contributed by atoms with Gasteiger partial charge in [-0.15, -0.1) is 0 Å². The van der Waals surface area contributed by atoms with Gasteiger partial charge in [0.05, 0.1) is 6.61 Å². The maximum atomic E-state index is 9.13. The average molecular weight is 213 g/mol. The monoisotopic (exact) mass is 213 g/mol. The Kier molecular flexibility index (Phi) is 5.62. The van der Waals surface area contributed by atoms with Crippen LogP contribution in [0.4, 0.5) is 0 Å². The van der Waals surface area contributed by atoms with Gasteiger partial charge in [0.2, 0.25) is 0 Å². The van der Waals surface area contributed by atoms with Crippen LogP contribution in [0.15, 0.2) is 0 Å². The number of aliphatic hydroxyl groups excluding tert-OH is 1. The summed E-state index contributed by atoms with van der Waals surface area (Å²) >= 11 is 0. The van der Waals surface area contributed by atoms with Gasteiger partial charge in [0.15, 0.2) is 0 Å². The highest BCUT2D eigenvalue weighted by Crippen LogP contribution is 2.30. The fourth-order valence-electron chi connectivity index (χ4n) is 2.59. The van der Waals surface area contributed by atoms with E-state index in [0.717, 1.165) is 18.3 Å². The van der Waals surface area contributed by atoms with E-state index in [4.69, 9.17) is 5.11 Å². The second-order valence-electron chi connectivity index (χ2n) is 5.31. The van der Waals surface area contributed by atoms with Crippen molar-refractivity contribution in [1.82, 2.24) is 5.32 Å². The molecule has 0 aromatic rings. The lowest BCUT2D eigenvalue weighted by molar-refractivity contribution is 0.190. The molecule has 0 saturated heterocycles. The largest absolute Gasteiger partial charge is 0.395 e. The summed E-state index contributed by atoms with van der Waals surface area (Å²) < 4.78 is 0. The van der Waals surface area contributed by atoms with Crippen LogP contribution in [0, 0.1) is 11.8 Å². The van der Waals surface area contributed by atoms with Crippen LogP contribution >= 0.6 is 0 Å². The minimum absolute atomic E-state index is 0.278. The predicted molar refractivity (Wildman–Crippen MR) is 64.9 cm³/mol. The first-order valence-corrected chi connectivity index (χ1v) is 6.54. The highest BCUT2D eigenvalue weighted by atomic mass is 16.3. The number of aliphatic hydroxyl groups is 1. The molecule has 2 N–H and O–H groups in total. The minimum Gasteiger partial charge on any atom is -0.395 e. The molecule has 0 heterocycles. The van der Waals surface area contributed by atoms with E-state index in [1.165, 1.54) is 25.7 Å². The molecule has 0 aliphatic heterocycles. The Morgan fingerprint density at radius 3 is 2.20 bits per heavy atom. The first-order chi connectivity index (χ1) is 7.17. The van der Waals surface area contributed by atoms with E-state index in [-0.39, 0.29) is 6.61 Å². The molecule has 15 heavy (non-hydrogen) atoms. The Bertz CT molecular complexity index is 158. The van der Waals surface area contributed by atoms with E-state index in [2.05, 4.69) is 26.1 Å². The van der Waals surface area contributed by atoms with Crippen LogP contribution in [0.25, 0.3) is 0 Å². The molecule has 0 aromatic carbocycles. The summed E-state index contributed by atoms with van der Waals surface area (Å²) in [6, 6.07) is 0.961. The molecule has 0 radical (unpaired) electrons. The van der Waals surface area contributed by atoms with Crippen LogP contribution in [0.1, 0.15) is 52.9 Å². The topological polar surface area (TPSA) is 32.3 Å². The maximum absolute atomic E-state index is 9.13. The third-order valence-corrected chi connectivity index (χ3v) is 3.90. The maximum Gasteiger partial charge on any atom is 0.0584 e. The minimum atomic E-state index is 0.278. The van der Waals surface area contributed by atoms with Crippen molar-refractivity contribution in [2.75, 3.05) is 6.61 Å². The van der Waals surface area contributed by atoms with Gasteiger partial charge in [-0.05, 0) is 43.9 Å². The van der Waals surface area contributed by atoms with E-state index in [1.54, 1.807) is 0 Å². The summed E-state index contributed by atoms with van der Waals surface area (Å²) in [7, 11) is 0. The smallest absolute Gasteiger partial charge is 0.0584 e. The summed E-state index contributed by atoms with van der Waals surface area (Å²) in [5, 5.41) is 12.7. The molecule has 0 aromatic heterocycles. The standard InChI is InChI=1S/C13H27NO/c1-4-12(9-15)14-13-7-5-11(6-8-13)10(2)3/h10-15H,4-9H2,1-3H3/t11?,12-,13?/m0/s1. The Morgan fingerprint density at radius 2 is 1.80 bits per heavy atom. The summed E-state index contributed by atoms with van der Waals surface area (Å²) in [6.07, 6.45) is 6.33. The van der Waals surface area contributed by atoms with E-state index in [1.807, 2.05) is 0 Å². The predicted octanol–water partition coefficient (Wildman–Crippen LogP) is 2.56. The zero-order valence-electron chi connectivity index (χ0n) is 10.5. The third kappa shape index (κ3) is 4.12. The molecule has 0 bridgehead atoms. The number of rotatable bonds is 5. The molecule has 1 saturated carbocycles. The molecule has 1 fully saturated rings. The van der Waals surface area contributed by atoms with Gasteiger partial charge in [-0.25, -0.2) is 0 Å². The van der Waals surface area contributed by atoms with E-state index in [9.17, 15) is 0 Å². The van der Waals surface area contributed by atoms with Crippen molar-refractivity contribution in [2.24, 2.45) is 11.8 Å². The molecular weight excluding hydrogens is 186 g/mol. The highest BCUT2D eigenvalue weighted by Gasteiger charge is 2.24. The van der Waals surface area contributed by atoms with Gasteiger partial charge in [-0.2, -0.15) is 0 Å². The molecule has 0 unspecified atom stereocenters. The lowest BCUT2D eigenvalue weighted by Gasteiger charge is -2.33. The first-order valence-electron chi connectivity index (χ1n) is 6.54. The van der Waals surface area contributed by atoms with Crippen LogP contribution in [-0.2, 0) is 0 Å². The van der Waals surface area contributed by atoms with Gasteiger partial charge in [0, 0.05) is 12.1 Å². The van der Waals surface area contributed by atoms with Crippen LogP contribution < -0.4 is 5.32 Å². The summed E-state index contributed by atoms with van der Waals surface area (Å²) in [6.45, 7) is 7.08. The second-order valence-corrected chi connectivity index (χ2v) is 5.31. The first kappa shape index (κ1) is 13.0. The quantitative estimate of drug-likeness (QED) is 0.735. The molecule has 1 atom stereocenters. The van der Waals surface area contributed by atoms with E-state index < -0.39 is 0 Å². The number of hydrogen-bond acceptors (Lipinski definition) is 2.